The van der Waals surface area contributed by atoms with E-state index in [4.69, 9.17) is 0 Å². The Labute approximate surface area is 123 Å². The highest BCUT2D eigenvalue weighted by Crippen LogP contribution is 2.25. The molecule has 0 heterocycles. The molecule has 0 atom stereocenters. The average molecular weight is 297 g/mol. The number of esters is 1. The lowest BCUT2D eigenvalue weighted by atomic mass is 9.96. The van der Waals surface area contributed by atoms with Crippen LogP contribution in [0.1, 0.15) is 55.3 Å². The maximum atomic E-state index is 14.1. The van der Waals surface area contributed by atoms with Crippen molar-refractivity contribution in [1.29, 1.82) is 0 Å². The molecule has 0 aliphatic heterocycles. The quantitative estimate of drug-likeness (QED) is 0.846. The van der Waals surface area contributed by atoms with Crippen molar-refractivity contribution in [3.05, 3.63) is 29.3 Å². The van der Waals surface area contributed by atoms with E-state index in [1.54, 1.807) is 0 Å². The third kappa shape index (κ3) is 3.93. The summed E-state index contributed by atoms with van der Waals surface area (Å²) in [6.07, 6.45) is 7.75. The summed E-state index contributed by atoms with van der Waals surface area (Å²) in [7, 11) is 1.14. The van der Waals surface area contributed by atoms with Crippen molar-refractivity contribution in [2.75, 3.05) is 12.4 Å². The Morgan fingerprint density at radius 2 is 1.71 bits per heavy atom. The Kier molecular flexibility index (Phi) is 5.53. The molecule has 0 bridgehead atoms. The van der Waals surface area contributed by atoms with E-state index in [1.807, 2.05) is 0 Å². The number of hydrogen-bond donors (Lipinski definition) is 1. The minimum absolute atomic E-state index is 0.116. The van der Waals surface area contributed by atoms with E-state index in [1.165, 1.54) is 31.4 Å². The molecule has 0 amide bonds. The highest BCUT2D eigenvalue weighted by Gasteiger charge is 2.20. The van der Waals surface area contributed by atoms with Crippen molar-refractivity contribution in [3.63, 3.8) is 0 Å². The van der Waals surface area contributed by atoms with Gasteiger partial charge in [0.1, 0.15) is 0 Å². The van der Waals surface area contributed by atoms with Gasteiger partial charge in [-0.15, -0.1) is 0 Å². The summed E-state index contributed by atoms with van der Waals surface area (Å²) in [6.45, 7) is 0. The number of anilines is 1. The molecule has 21 heavy (non-hydrogen) atoms. The highest BCUT2D eigenvalue weighted by molar-refractivity contribution is 5.90. The van der Waals surface area contributed by atoms with Crippen LogP contribution >= 0.6 is 0 Å². The van der Waals surface area contributed by atoms with Crippen LogP contribution in [-0.2, 0) is 4.74 Å². The molecule has 2 rings (SSSR count). The molecule has 116 valence electrons. The van der Waals surface area contributed by atoms with Gasteiger partial charge >= 0.3 is 5.97 Å². The fourth-order valence-corrected chi connectivity index (χ4v) is 2.75. The molecule has 1 aromatic rings. The van der Waals surface area contributed by atoms with Gasteiger partial charge in [-0.1, -0.05) is 32.1 Å². The fraction of sp³-hybridized carbons (Fsp3) is 0.562. The zero-order valence-electron chi connectivity index (χ0n) is 12.3. The van der Waals surface area contributed by atoms with Crippen LogP contribution in [0.5, 0.6) is 0 Å². The minimum Gasteiger partial charge on any atom is -0.465 e. The molecule has 1 N–H and O–H groups in total. The van der Waals surface area contributed by atoms with Gasteiger partial charge in [0.05, 0.1) is 18.4 Å². The van der Waals surface area contributed by atoms with Crippen molar-refractivity contribution in [1.82, 2.24) is 0 Å². The first-order valence-electron chi connectivity index (χ1n) is 7.46. The van der Waals surface area contributed by atoms with Gasteiger partial charge in [-0.3, -0.25) is 0 Å². The molecule has 1 fully saturated rings. The van der Waals surface area contributed by atoms with Gasteiger partial charge in [0.15, 0.2) is 11.6 Å². The average Bonchev–Trinajstić information content (AvgIpc) is 2.45. The van der Waals surface area contributed by atoms with E-state index in [0.29, 0.717) is 0 Å². The third-order valence-corrected chi connectivity index (χ3v) is 3.95. The van der Waals surface area contributed by atoms with Gasteiger partial charge in [-0.2, -0.15) is 0 Å². The van der Waals surface area contributed by atoms with Gasteiger partial charge in [-0.25, -0.2) is 13.6 Å². The van der Waals surface area contributed by atoms with Gasteiger partial charge in [0.25, 0.3) is 0 Å². The lowest BCUT2D eigenvalue weighted by molar-refractivity contribution is 0.0594. The molecule has 0 aromatic heterocycles. The van der Waals surface area contributed by atoms with Crippen molar-refractivity contribution in [3.8, 4) is 0 Å². The van der Waals surface area contributed by atoms with E-state index >= 15 is 0 Å². The van der Waals surface area contributed by atoms with Crippen LogP contribution in [-0.4, -0.2) is 19.1 Å². The van der Waals surface area contributed by atoms with Crippen LogP contribution in [0.4, 0.5) is 14.5 Å². The second-order valence-corrected chi connectivity index (χ2v) is 5.47. The topological polar surface area (TPSA) is 38.3 Å². The monoisotopic (exact) mass is 297 g/mol. The number of benzene rings is 1. The summed E-state index contributed by atoms with van der Waals surface area (Å²) in [5.41, 5.74) is -0.260. The van der Waals surface area contributed by atoms with E-state index in [2.05, 4.69) is 10.1 Å². The maximum Gasteiger partial charge on any atom is 0.340 e. The third-order valence-electron chi connectivity index (χ3n) is 3.95. The van der Waals surface area contributed by atoms with Crippen molar-refractivity contribution in [2.24, 2.45) is 0 Å². The Balaban J connectivity index is 2.12. The van der Waals surface area contributed by atoms with E-state index in [0.717, 1.165) is 32.8 Å². The predicted octanol–water partition coefficient (Wildman–Crippen LogP) is 4.28. The van der Waals surface area contributed by atoms with Crippen molar-refractivity contribution >= 4 is 11.7 Å². The number of methoxy groups -OCH3 is 1. The van der Waals surface area contributed by atoms with E-state index in [9.17, 15) is 13.6 Å². The smallest absolute Gasteiger partial charge is 0.340 e. The minimum atomic E-state index is -1.15. The Bertz CT molecular complexity index is 497. The number of hydrogen-bond acceptors (Lipinski definition) is 3. The molecular formula is C16H21F2NO2. The fourth-order valence-electron chi connectivity index (χ4n) is 2.75. The summed E-state index contributed by atoms with van der Waals surface area (Å²) in [4.78, 5) is 11.3. The van der Waals surface area contributed by atoms with Crippen LogP contribution in [0.2, 0.25) is 0 Å². The number of rotatable bonds is 3. The SMILES string of the molecule is COC(=O)c1ccc(NC2CCCCCCC2)c(F)c1F. The van der Waals surface area contributed by atoms with Crippen LogP contribution in [0.25, 0.3) is 0 Å². The number of halogens is 2. The molecule has 1 saturated carbocycles. The number of ether oxygens (including phenoxy) is 1. The molecule has 3 nitrogen and oxygen atoms in total. The predicted molar refractivity (Wildman–Crippen MR) is 77.4 cm³/mol. The summed E-state index contributed by atoms with van der Waals surface area (Å²) in [5.74, 6) is -3.04. The molecule has 1 aliphatic carbocycles. The second-order valence-electron chi connectivity index (χ2n) is 5.47. The molecule has 0 radical (unpaired) electrons. The molecular weight excluding hydrogens is 276 g/mol. The lowest BCUT2D eigenvalue weighted by Crippen LogP contribution is -2.22. The van der Waals surface area contributed by atoms with Gasteiger partial charge in [0, 0.05) is 6.04 Å². The molecule has 1 aromatic carbocycles. The number of nitrogens with one attached hydrogen (secondary N) is 1. The summed E-state index contributed by atoms with van der Waals surface area (Å²) in [5, 5.41) is 3.07. The molecule has 0 unspecified atom stereocenters. The Hall–Kier alpha value is -1.65. The lowest BCUT2D eigenvalue weighted by Gasteiger charge is -2.22. The second kappa shape index (κ2) is 7.38. The van der Waals surface area contributed by atoms with E-state index < -0.39 is 17.6 Å². The van der Waals surface area contributed by atoms with Crippen LogP contribution in [0.15, 0.2) is 12.1 Å². The highest BCUT2D eigenvalue weighted by atomic mass is 19.2. The zero-order valence-corrected chi connectivity index (χ0v) is 12.3. The van der Waals surface area contributed by atoms with Gasteiger partial charge < -0.3 is 10.1 Å². The first-order valence-corrected chi connectivity index (χ1v) is 7.46. The first kappa shape index (κ1) is 15.7. The molecule has 1 aliphatic rings. The summed E-state index contributed by atoms with van der Waals surface area (Å²) < 4.78 is 32.4. The number of carbonyl (C=O) groups excluding carboxylic acids is 1. The summed E-state index contributed by atoms with van der Waals surface area (Å²) >= 11 is 0. The molecule has 0 saturated heterocycles. The van der Waals surface area contributed by atoms with Crippen LogP contribution in [0.3, 0.4) is 0 Å². The Morgan fingerprint density at radius 3 is 2.33 bits per heavy atom. The zero-order chi connectivity index (χ0) is 15.2. The Morgan fingerprint density at radius 1 is 1.10 bits per heavy atom. The first-order chi connectivity index (χ1) is 10.1. The van der Waals surface area contributed by atoms with Gasteiger partial charge in [-0.05, 0) is 25.0 Å². The van der Waals surface area contributed by atoms with Crippen molar-refractivity contribution in [2.45, 2.75) is 51.0 Å². The standard InChI is InChI=1S/C16H21F2NO2/c1-21-16(20)12-9-10-13(15(18)14(12)17)19-11-7-5-3-2-4-6-8-11/h9-11,19H,2-8H2,1H3. The summed E-state index contributed by atoms with van der Waals surface area (Å²) in [6, 6.07) is 2.82. The largest absolute Gasteiger partial charge is 0.465 e. The maximum absolute atomic E-state index is 14.1. The van der Waals surface area contributed by atoms with E-state index in [-0.39, 0.29) is 17.3 Å². The normalized spacial score (nSPS) is 16.9. The van der Waals surface area contributed by atoms with Crippen LogP contribution < -0.4 is 5.32 Å². The molecule has 5 heteroatoms. The van der Waals surface area contributed by atoms with Crippen molar-refractivity contribution < 1.29 is 18.3 Å². The van der Waals surface area contributed by atoms with Gasteiger partial charge in [0.2, 0.25) is 0 Å². The molecule has 0 spiro atoms. The number of carbonyl (C=O) groups is 1. The van der Waals surface area contributed by atoms with Crippen LogP contribution in [0, 0.1) is 11.6 Å².